The lowest BCUT2D eigenvalue weighted by Gasteiger charge is -2.04. The number of ketones is 1. The molecule has 0 amide bonds. The second kappa shape index (κ2) is 6.35. The minimum atomic E-state index is 0.158. The van der Waals surface area contributed by atoms with Crippen LogP contribution in [0.3, 0.4) is 0 Å². The van der Waals surface area contributed by atoms with Crippen LogP contribution in [0.1, 0.15) is 46.3 Å². The number of aromatic nitrogens is 2. The second-order valence-corrected chi connectivity index (χ2v) is 6.02. The molecule has 2 heterocycles. The highest BCUT2D eigenvalue weighted by molar-refractivity contribution is 7.08. The average molecular weight is 302 g/mol. The van der Waals surface area contributed by atoms with Crippen LogP contribution in [0.5, 0.6) is 5.75 Å². The Hall–Kier alpha value is -1.75. The summed E-state index contributed by atoms with van der Waals surface area (Å²) in [5.74, 6) is 1.15. The van der Waals surface area contributed by atoms with E-state index in [1.807, 2.05) is 6.07 Å². The topological polar surface area (TPSA) is 52.1 Å². The molecule has 0 spiro atoms. The Labute approximate surface area is 128 Å². The van der Waals surface area contributed by atoms with Gasteiger partial charge in [0.1, 0.15) is 10.6 Å². The third kappa shape index (κ3) is 3.13. The quantitative estimate of drug-likeness (QED) is 0.769. The van der Waals surface area contributed by atoms with Crippen molar-refractivity contribution in [3.8, 4) is 5.75 Å². The molecule has 0 unspecified atom stereocenters. The lowest BCUT2D eigenvalue weighted by atomic mass is 10.0. The maximum Gasteiger partial charge on any atom is 0.176 e. The highest BCUT2D eigenvalue weighted by Gasteiger charge is 2.16. The van der Waals surface area contributed by atoms with Crippen LogP contribution in [0.4, 0.5) is 0 Å². The molecule has 3 rings (SSSR count). The van der Waals surface area contributed by atoms with Gasteiger partial charge in [-0.15, -0.1) is 5.10 Å². The molecule has 0 fully saturated rings. The van der Waals surface area contributed by atoms with Crippen molar-refractivity contribution >= 4 is 17.3 Å². The van der Waals surface area contributed by atoms with Crippen molar-refractivity contribution in [3.05, 3.63) is 39.9 Å². The molecule has 21 heavy (non-hydrogen) atoms. The SMILES string of the molecule is CCCc1nnsc1C(=O)CCc1ccc2c(c1)CCO2. The Bertz CT molecular complexity index is 651. The van der Waals surface area contributed by atoms with Gasteiger partial charge in [-0.25, -0.2) is 0 Å². The summed E-state index contributed by atoms with van der Waals surface area (Å²) in [6.07, 6.45) is 4.05. The number of rotatable bonds is 6. The van der Waals surface area contributed by atoms with Crippen molar-refractivity contribution in [1.29, 1.82) is 0 Å². The van der Waals surface area contributed by atoms with Crippen LogP contribution in [0.2, 0.25) is 0 Å². The number of carbonyl (C=O) groups is 1. The van der Waals surface area contributed by atoms with Crippen LogP contribution < -0.4 is 4.74 Å². The van der Waals surface area contributed by atoms with Crippen molar-refractivity contribution in [3.63, 3.8) is 0 Å². The minimum Gasteiger partial charge on any atom is -0.493 e. The minimum absolute atomic E-state index is 0.158. The van der Waals surface area contributed by atoms with E-state index in [1.165, 1.54) is 22.7 Å². The van der Waals surface area contributed by atoms with Gasteiger partial charge in [-0.2, -0.15) is 0 Å². The van der Waals surface area contributed by atoms with Gasteiger partial charge in [-0.3, -0.25) is 4.79 Å². The van der Waals surface area contributed by atoms with Crippen LogP contribution >= 0.6 is 11.5 Å². The Morgan fingerprint density at radius 2 is 2.29 bits per heavy atom. The van der Waals surface area contributed by atoms with E-state index in [4.69, 9.17) is 4.74 Å². The number of ether oxygens (including phenoxy) is 1. The van der Waals surface area contributed by atoms with E-state index in [-0.39, 0.29) is 5.78 Å². The summed E-state index contributed by atoms with van der Waals surface area (Å²) in [6.45, 7) is 2.85. The Kier molecular flexibility index (Phi) is 4.29. The average Bonchev–Trinajstić information content (AvgIpc) is 3.13. The van der Waals surface area contributed by atoms with E-state index in [9.17, 15) is 4.79 Å². The molecule has 0 saturated heterocycles. The summed E-state index contributed by atoms with van der Waals surface area (Å²) < 4.78 is 9.42. The van der Waals surface area contributed by atoms with E-state index in [1.54, 1.807) is 0 Å². The summed E-state index contributed by atoms with van der Waals surface area (Å²) >= 11 is 1.22. The Balaban J connectivity index is 1.64. The number of carbonyl (C=O) groups excluding carboxylic acids is 1. The van der Waals surface area contributed by atoms with Gasteiger partial charge < -0.3 is 4.74 Å². The molecule has 2 aromatic rings. The number of Topliss-reactive ketones (excluding diaryl/α,β-unsaturated/α-hetero) is 1. The van der Waals surface area contributed by atoms with Gasteiger partial charge in [-0.05, 0) is 41.6 Å². The second-order valence-electron chi connectivity index (χ2n) is 5.26. The third-order valence-electron chi connectivity index (χ3n) is 3.69. The van der Waals surface area contributed by atoms with Crippen molar-refractivity contribution < 1.29 is 9.53 Å². The fourth-order valence-electron chi connectivity index (χ4n) is 2.59. The smallest absolute Gasteiger partial charge is 0.176 e. The Morgan fingerprint density at radius 1 is 1.38 bits per heavy atom. The highest BCUT2D eigenvalue weighted by Crippen LogP contribution is 2.26. The van der Waals surface area contributed by atoms with Crippen LogP contribution in [0.25, 0.3) is 0 Å². The molecule has 1 aliphatic heterocycles. The third-order valence-corrected chi connectivity index (χ3v) is 4.50. The normalized spacial score (nSPS) is 13.0. The molecule has 0 N–H and O–H groups in total. The fraction of sp³-hybridized carbons (Fsp3) is 0.438. The molecule has 0 aliphatic carbocycles. The molecule has 5 heteroatoms. The van der Waals surface area contributed by atoms with E-state index in [2.05, 4.69) is 28.6 Å². The molecular formula is C16H18N2O2S. The Morgan fingerprint density at radius 3 is 3.14 bits per heavy atom. The van der Waals surface area contributed by atoms with Crippen molar-refractivity contribution in [2.24, 2.45) is 0 Å². The molecular weight excluding hydrogens is 284 g/mol. The van der Waals surface area contributed by atoms with Crippen molar-refractivity contribution in [2.75, 3.05) is 6.61 Å². The van der Waals surface area contributed by atoms with Gasteiger partial charge in [-0.1, -0.05) is 30.0 Å². The molecule has 1 aromatic heterocycles. The van der Waals surface area contributed by atoms with Gasteiger partial charge >= 0.3 is 0 Å². The summed E-state index contributed by atoms with van der Waals surface area (Å²) in [6, 6.07) is 6.22. The number of fused-ring (bicyclic) bond motifs is 1. The van der Waals surface area contributed by atoms with E-state index in [0.717, 1.165) is 48.6 Å². The van der Waals surface area contributed by atoms with Crippen molar-refractivity contribution in [1.82, 2.24) is 9.59 Å². The molecule has 1 aromatic carbocycles. The van der Waals surface area contributed by atoms with Gasteiger partial charge in [0.05, 0.1) is 12.3 Å². The first kappa shape index (κ1) is 14.2. The summed E-state index contributed by atoms with van der Waals surface area (Å²) in [5.41, 5.74) is 3.31. The van der Waals surface area contributed by atoms with Crippen LogP contribution in [-0.4, -0.2) is 22.0 Å². The monoisotopic (exact) mass is 302 g/mol. The molecule has 0 bridgehead atoms. The first-order valence-electron chi connectivity index (χ1n) is 7.37. The summed E-state index contributed by atoms with van der Waals surface area (Å²) in [5, 5.41) is 4.06. The number of hydrogen-bond acceptors (Lipinski definition) is 5. The molecule has 0 saturated carbocycles. The van der Waals surface area contributed by atoms with E-state index >= 15 is 0 Å². The molecule has 0 atom stereocenters. The lowest BCUT2D eigenvalue weighted by Crippen LogP contribution is -2.03. The zero-order valence-corrected chi connectivity index (χ0v) is 12.9. The number of aryl methyl sites for hydroxylation is 2. The summed E-state index contributed by atoms with van der Waals surface area (Å²) in [7, 11) is 0. The highest BCUT2D eigenvalue weighted by atomic mass is 32.1. The van der Waals surface area contributed by atoms with Gasteiger partial charge in [0, 0.05) is 12.8 Å². The predicted octanol–water partition coefficient (Wildman–Crippen LogP) is 3.24. The van der Waals surface area contributed by atoms with Crippen LogP contribution in [-0.2, 0) is 19.3 Å². The largest absolute Gasteiger partial charge is 0.493 e. The van der Waals surface area contributed by atoms with Crippen LogP contribution in [0, 0.1) is 0 Å². The van der Waals surface area contributed by atoms with Gasteiger partial charge in [0.15, 0.2) is 5.78 Å². The molecule has 1 aliphatic rings. The van der Waals surface area contributed by atoms with Gasteiger partial charge in [0.2, 0.25) is 0 Å². The zero-order chi connectivity index (χ0) is 14.7. The maximum absolute atomic E-state index is 12.3. The standard InChI is InChI=1S/C16H18N2O2S/c1-2-3-13-16(21-18-17-13)14(19)6-4-11-5-7-15-12(10-11)8-9-20-15/h5,7,10H,2-4,6,8-9H2,1H3. The van der Waals surface area contributed by atoms with Crippen LogP contribution in [0.15, 0.2) is 18.2 Å². The number of hydrogen-bond donors (Lipinski definition) is 0. The van der Waals surface area contributed by atoms with E-state index < -0.39 is 0 Å². The van der Waals surface area contributed by atoms with Crippen molar-refractivity contribution in [2.45, 2.75) is 39.0 Å². The number of nitrogens with zero attached hydrogens (tertiary/aromatic N) is 2. The predicted molar refractivity (Wildman–Crippen MR) is 82.2 cm³/mol. The molecule has 4 nitrogen and oxygen atoms in total. The first-order valence-corrected chi connectivity index (χ1v) is 8.14. The first-order chi connectivity index (χ1) is 10.3. The van der Waals surface area contributed by atoms with E-state index in [0.29, 0.717) is 6.42 Å². The zero-order valence-electron chi connectivity index (χ0n) is 12.1. The lowest BCUT2D eigenvalue weighted by molar-refractivity contribution is 0.0985. The molecule has 0 radical (unpaired) electrons. The van der Waals surface area contributed by atoms with Gasteiger partial charge in [0.25, 0.3) is 0 Å². The number of benzene rings is 1. The molecule has 110 valence electrons. The summed E-state index contributed by atoms with van der Waals surface area (Å²) in [4.78, 5) is 13.1. The fourth-order valence-corrected chi connectivity index (χ4v) is 3.26. The maximum atomic E-state index is 12.3.